The average Bonchev–Trinajstić information content (AvgIpc) is 2.23. The molecule has 4 heteroatoms. The second-order valence-electron chi connectivity index (χ2n) is 3.66. The standard InChI is InChI=1S/C11H10O4/c1-5-9(13)6-3-2-4-7(12)8(6)11(15)10(5)14/h2-5,10,12,14H,1H3/t5-,10+/m1/s1. The molecular weight excluding hydrogens is 196 g/mol. The maximum Gasteiger partial charge on any atom is 0.196 e. The summed E-state index contributed by atoms with van der Waals surface area (Å²) >= 11 is 0. The summed E-state index contributed by atoms with van der Waals surface area (Å²) in [4.78, 5) is 23.3. The van der Waals surface area contributed by atoms with Crippen LogP contribution in [-0.2, 0) is 0 Å². The third kappa shape index (κ3) is 1.26. The van der Waals surface area contributed by atoms with Crippen molar-refractivity contribution in [3.8, 4) is 5.75 Å². The van der Waals surface area contributed by atoms with E-state index in [0.29, 0.717) is 0 Å². The van der Waals surface area contributed by atoms with E-state index >= 15 is 0 Å². The van der Waals surface area contributed by atoms with E-state index in [9.17, 15) is 19.8 Å². The maximum atomic E-state index is 11.7. The van der Waals surface area contributed by atoms with E-state index in [-0.39, 0.29) is 22.7 Å². The molecule has 4 nitrogen and oxygen atoms in total. The third-order valence-electron chi connectivity index (χ3n) is 2.71. The summed E-state index contributed by atoms with van der Waals surface area (Å²) in [6.07, 6.45) is -1.35. The van der Waals surface area contributed by atoms with Gasteiger partial charge in [-0.3, -0.25) is 9.59 Å². The lowest BCUT2D eigenvalue weighted by atomic mass is 9.80. The first kappa shape index (κ1) is 9.86. The Balaban J connectivity index is 2.70. The van der Waals surface area contributed by atoms with Crippen molar-refractivity contribution in [3.05, 3.63) is 29.3 Å². The minimum absolute atomic E-state index is 0.0619. The van der Waals surface area contributed by atoms with Crippen molar-refractivity contribution in [1.29, 1.82) is 0 Å². The molecule has 78 valence electrons. The highest BCUT2D eigenvalue weighted by atomic mass is 16.3. The number of ketones is 2. The molecule has 1 aliphatic rings. The van der Waals surface area contributed by atoms with Crippen molar-refractivity contribution in [2.24, 2.45) is 5.92 Å². The number of carbonyl (C=O) groups is 2. The normalized spacial score (nSPS) is 25.2. The van der Waals surface area contributed by atoms with Crippen LogP contribution >= 0.6 is 0 Å². The molecule has 0 saturated heterocycles. The molecule has 1 aromatic rings. The molecule has 2 atom stereocenters. The number of aliphatic hydroxyl groups is 1. The van der Waals surface area contributed by atoms with Gasteiger partial charge in [-0.15, -0.1) is 0 Å². The lowest BCUT2D eigenvalue weighted by molar-refractivity contribution is 0.0524. The van der Waals surface area contributed by atoms with Crippen LogP contribution in [0.2, 0.25) is 0 Å². The second-order valence-corrected chi connectivity index (χ2v) is 3.66. The SMILES string of the molecule is C[C@@H]1C(=O)c2cccc(O)c2C(=O)[C@H]1O. The number of benzene rings is 1. The molecule has 0 amide bonds. The highest BCUT2D eigenvalue weighted by molar-refractivity contribution is 6.18. The molecule has 0 fully saturated rings. The van der Waals surface area contributed by atoms with Gasteiger partial charge in [0, 0.05) is 5.56 Å². The van der Waals surface area contributed by atoms with Crippen molar-refractivity contribution >= 4 is 11.6 Å². The van der Waals surface area contributed by atoms with Gasteiger partial charge < -0.3 is 10.2 Å². The van der Waals surface area contributed by atoms with Crippen LogP contribution in [0.15, 0.2) is 18.2 Å². The molecule has 15 heavy (non-hydrogen) atoms. The van der Waals surface area contributed by atoms with E-state index in [1.54, 1.807) is 0 Å². The van der Waals surface area contributed by atoms with Crippen LogP contribution in [0.1, 0.15) is 27.6 Å². The van der Waals surface area contributed by atoms with Gasteiger partial charge in [0.1, 0.15) is 11.9 Å². The smallest absolute Gasteiger partial charge is 0.196 e. The third-order valence-corrected chi connectivity index (χ3v) is 2.71. The lowest BCUT2D eigenvalue weighted by Gasteiger charge is -2.24. The largest absolute Gasteiger partial charge is 0.507 e. The minimum Gasteiger partial charge on any atom is -0.507 e. The van der Waals surface area contributed by atoms with E-state index in [1.807, 2.05) is 0 Å². The number of phenols is 1. The van der Waals surface area contributed by atoms with Crippen LogP contribution in [0, 0.1) is 5.92 Å². The molecule has 0 saturated carbocycles. The van der Waals surface area contributed by atoms with Crippen molar-refractivity contribution in [2.75, 3.05) is 0 Å². The summed E-state index contributed by atoms with van der Waals surface area (Å²) in [5.74, 6) is -1.90. The Morgan fingerprint density at radius 1 is 1.20 bits per heavy atom. The topological polar surface area (TPSA) is 74.6 Å². The predicted molar refractivity (Wildman–Crippen MR) is 51.9 cm³/mol. The Hall–Kier alpha value is -1.68. The van der Waals surface area contributed by atoms with Gasteiger partial charge in [-0.25, -0.2) is 0 Å². The minimum atomic E-state index is -1.35. The monoisotopic (exact) mass is 206 g/mol. The molecule has 0 heterocycles. The van der Waals surface area contributed by atoms with E-state index < -0.39 is 17.8 Å². The van der Waals surface area contributed by atoms with E-state index in [0.717, 1.165) is 0 Å². The quantitative estimate of drug-likeness (QED) is 0.657. The molecule has 2 N–H and O–H groups in total. The molecule has 0 spiro atoms. The molecule has 0 unspecified atom stereocenters. The van der Waals surface area contributed by atoms with Gasteiger partial charge in [-0.2, -0.15) is 0 Å². The zero-order chi connectivity index (χ0) is 11.2. The fraction of sp³-hybridized carbons (Fsp3) is 0.273. The summed E-state index contributed by atoms with van der Waals surface area (Å²) in [6.45, 7) is 1.50. The first-order chi connectivity index (χ1) is 7.04. The Morgan fingerprint density at radius 2 is 1.87 bits per heavy atom. The summed E-state index contributed by atoms with van der Waals surface area (Å²) in [7, 11) is 0. The van der Waals surface area contributed by atoms with Crippen molar-refractivity contribution in [2.45, 2.75) is 13.0 Å². The van der Waals surface area contributed by atoms with Gasteiger partial charge in [-0.05, 0) is 6.07 Å². The molecule has 0 aromatic heterocycles. The van der Waals surface area contributed by atoms with Gasteiger partial charge in [0.05, 0.1) is 11.5 Å². The molecule has 1 aliphatic carbocycles. The van der Waals surface area contributed by atoms with Crippen LogP contribution in [0.5, 0.6) is 5.75 Å². The van der Waals surface area contributed by atoms with E-state index in [4.69, 9.17) is 0 Å². The summed E-state index contributed by atoms with van der Waals surface area (Å²) < 4.78 is 0. The van der Waals surface area contributed by atoms with Crippen LogP contribution in [-0.4, -0.2) is 27.9 Å². The molecule has 0 radical (unpaired) electrons. The molecular formula is C11H10O4. The summed E-state index contributed by atoms with van der Waals surface area (Å²) in [5.41, 5.74) is 0.130. The van der Waals surface area contributed by atoms with Gasteiger partial charge in [-0.1, -0.05) is 19.1 Å². The lowest BCUT2D eigenvalue weighted by Crippen LogP contribution is -2.39. The van der Waals surface area contributed by atoms with Crippen molar-refractivity contribution in [3.63, 3.8) is 0 Å². The highest BCUT2D eigenvalue weighted by Crippen LogP contribution is 2.31. The van der Waals surface area contributed by atoms with Crippen LogP contribution in [0.4, 0.5) is 0 Å². The van der Waals surface area contributed by atoms with E-state index in [1.165, 1.54) is 25.1 Å². The van der Waals surface area contributed by atoms with Crippen LogP contribution in [0.3, 0.4) is 0 Å². The number of aromatic hydroxyl groups is 1. The fourth-order valence-electron chi connectivity index (χ4n) is 1.77. The first-order valence-electron chi connectivity index (χ1n) is 4.62. The van der Waals surface area contributed by atoms with Crippen molar-refractivity contribution < 1.29 is 19.8 Å². The molecule has 1 aromatic carbocycles. The number of fused-ring (bicyclic) bond motifs is 1. The Kier molecular flexibility index (Phi) is 2.08. The molecule has 2 rings (SSSR count). The maximum absolute atomic E-state index is 11.7. The van der Waals surface area contributed by atoms with E-state index in [2.05, 4.69) is 0 Å². The molecule has 0 aliphatic heterocycles. The number of aliphatic hydroxyl groups excluding tert-OH is 1. The number of rotatable bonds is 0. The second kappa shape index (κ2) is 3.17. The number of phenolic OH excluding ortho intramolecular Hbond substituents is 1. The number of carbonyl (C=O) groups excluding carboxylic acids is 2. The van der Waals surface area contributed by atoms with Crippen LogP contribution < -0.4 is 0 Å². The Morgan fingerprint density at radius 3 is 2.53 bits per heavy atom. The average molecular weight is 206 g/mol. The first-order valence-corrected chi connectivity index (χ1v) is 4.62. The van der Waals surface area contributed by atoms with Gasteiger partial charge >= 0.3 is 0 Å². The van der Waals surface area contributed by atoms with Crippen LogP contribution in [0.25, 0.3) is 0 Å². The zero-order valence-electron chi connectivity index (χ0n) is 8.10. The predicted octanol–water partition coefficient (Wildman–Crippen LogP) is 0.768. The summed E-state index contributed by atoms with van der Waals surface area (Å²) in [6, 6.07) is 4.31. The number of hydrogen-bond donors (Lipinski definition) is 2. The highest BCUT2D eigenvalue weighted by Gasteiger charge is 2.38. The van der Waals surface area contributed by atoms with Gasteiger partial charge in [0.2, 0.25) is 0 Å². The Labute approximate surface area is 86.2 Å². The number of hydrogen-bond acceptors (Lipinski definition) is 4. The van der Waals surface area contributed by atoms with Gasteiger partial charge in [0.15, 0.2) is 11.6 Å². The van der Waals surface area contributed by atoms with Crippen molar-refractivity contribution in [1.82, 2.24) is 0 Å². The zero-order valence-corrected chi connectivity index (χ0v) is 8.10. The Bertz CT molecular complexity index is 450. The van der Waals surface area contributed by atoms with Gasteiger partial charge in [0.25, 0.3) is 0 Å². The number of Topliss-reactive ketones (excluding diaryl/α,β-unsaturated/α-hetero) is 2. The molecule has 0 bridgehead atoms. The fourth-order valence-corrected chi connectivity index (χ4v) is 1.77. The summed E-state index contributed by atoms with van der Waals surface area (Å²) in [5, 5.41) is 19.0.